The van der Waals surface area contributed by atoms with Crippen LogP contribution in [-0.4, -0.2) is 39.6 Å². The van der Waals surface area contributed by atoms with Gasteiger partial charge in [-0.3, -0.25) is 8.98 Å². The Hall–Kier alpha value is -0.880. The number of carbonyl (C=O) groups excluding carboxylic acids is 1. The lowest BCUT2D eigenvalue weighted by Crippen LogP contribution is -2.48. The van der Waals surface area contributed by atoms with E-state index in [0.717, 1.165) is 4.72 Å². The number of halogens is 3. The number of sulfonamides is 1. The predicted molar refractivity (Wildman–Crippen MR) is 60.4 cm³/mol. The van der Waals surface area contributed by atoms with Crippen LogP contribution in [0.25, 0.3) is 0 Å². The average molecular weight is 349 g/mol. The number of carbonyl (C=O) groups is 1. The van der Waals surface area contributed by atoms with Gasteiger partial charge in [-0.25, -0.2) is 4.72 Å². The molecule has 1 aliphatic heterocycles. The number of amides is 1. The maximum Gasteiger partial charge on any atom is 0.516 e. The molecule has 2 bridgehead atoms. The third kappa shape index (κ3) is 2.06. The van der Waals surface area contributed by atoms with Gasteiger partial charge in [0.1, 0.15) is 5.25 Å². The summed E-state index contributed by atoms with van der Waals surface area (Å²) in [5.74, 6) is -3.69. The monoisotopic (exact) mass is 349 g/mol. The zero-order chi connectivity index (χ0) is 15.8. The summed E-state index contributed by atoms with van der Waals surface area (Å²) in [4.78, 5) is 11.9. The molecule has 3 fully saturated rings. The number of hydrogen-bond acceptors (Lipinski definition) is 6. The SMILES string of the molecule is O=C(NS(=O)(=O)C(F)(F)F)C1C2CC3OS(=O)(=O)C1C3C2. The van der Waals surface area contributed by atoms with Crippen molar-refractivity contribution in [3.8, 4) is 0 Å². The van der Waals surface area contributed by atoms with E-state index in [1.54, 1.807) is 0 Å². The number of fused-ring (bicyclic) bond motifs is 1. The molecule has 0 radical (unpaired) electrons. The maximum absolute atomic E-state index is 12.3. The topological polar surface area (TPSA) is 107 Å². The van der Waals surface area contributed by atoms with Gasteiger partial charge >= 0.3 is 15.5 Å². The van der Waals surface area contributed by atoms with Crippen molar-refractivity contribution in [1.82, 2.24) is 4.72 Å². The van der Waals surface area contributed by atoms with Crippen LogP contribution in [0.4, 0.5) is 13.2 Å². The van der Waals surface area contributed by atoms with E-state index in [-0.39, 0.29) is 6.42 Å². The van der Waals surface area contributed by atoms with Crippen molar-refractivity contribution in [2.75, 3.05) is 0 Å². The predicted octanol–water partition coefficient (Wildman–Crippen LogP) is -0.295. The van der Waals surface area contributed by atoms with Crippen LogP contribution in [0.5, 0.6) is 0 Å². The van der Waals surface area contributed by atoms with E-state index in [1.165, 1.54) is 0 Å². The lowest BCUT2D eigenvalue weighted by atomic mass is 9.86. The second-order valence-electron chi connectivity index (χ2n) is 5.43. The molecule has 1 saturated heterocycles. The van der Waals surface area contributed by atoms with Crippen LogP contribution in [-0.2, 0) is 29.1 Å². The first-order valence-corrected chi connectivity index (χ1v) is 8.94. The molecule has 3 aliphatic rings. The zero-order valence-electron chi connectivity index (χ0n) is 10.2. The Balaban J connectivity index is 1.87. The van der Waals surface area contributed by atoms with Gasteiger partial charge in [-0.05, 0) is 18.8 Å². The number of nitrogens with one attached hydrogen (secondary N) is 1. The smallest absolute Gasteiger partial charge is 0.274 e. The lowest BCUT2D eigenvalue weighted by Gasteiger charge is -2.23. The first-order valence-electron chi connectivity index (χ1n) is 5.99. The molecule has 1 amide bonds. The molecule has 0 aromatic heterocycles. The highest BCUT2D eigenvalue weighted by molar-refractivity contribution is 7.91. The molecule has 0 aromatic carbocycles. The van der Waals surface area contributed by atoms with Gasteiger partial charge < -0.3 is 0 Å². The Morgan fingerprint density at radius 1 is 1.24 bits per heavy atom. The molecule has 120 valence electrons. The van der Waals surface area contributed by atoms with E-state index >= 15 is 0 Å². The lowest BCUT2D eigenvalue weighted by molar-refractivity contribution is -0.125. The number of alkyl halides is 3. The molecule has 5 unspecified atom stereocenters. The van der Waals surface area contributed by atoms with Crippen LogP contribution in [0, 0.1) is 17.8 Å². The van der Waals surface area contributed by atoms with Crippen molar-refractivity contribution in [3.05, 3.63) is 0 Å². The van der Waals surface area contributed by atoms with E-state index in [2.05, 4.69) is 0 Å². The minimum absolute atomic E-state index is 0.227. The van der Waals surface area contributed by atoms with Gasteiger partial charge in [0.2, 0.25) is 5.91 Å². The minimum atomic E-state index is -5.84. The summed E-state index contributed by atoms with van der Waals surface area (Å²) in [6, 6.07) is 0. The summed E-state index contributed by atoms with van der Waals surface area (Å²) in [6.45, 7) is 0. The molecule has 7 nitrogen and oxygen atoms in total. The van der Waals surface area contributed by atoms with Crippen LogP contribution in [0.15, 0.2) is 0 Å². The Labute approximate surface area is 118 Å². The fourth-order valence-corrected chi connectivity index (χ4v) is 6.24. The van der Waals surface area contributed by atoms with Crippen molar-refractivity contribution in [3.63, 3.8) is 0 Å². The van der Waals surface area contributed by atoms with E-state index in [4.69, 9.17) is 4.18 Å². The summed E-state index contributed by atoms with van der Waals surface area (Å²) in [6.07, 6.45) is 0.0109. The third-order valence-corrected chi connectivity index (χ3v) is 7.21. The number of rotatable bonds is 2. The van der Waals surface area contributed by atoms with Crippen molar-refractivity contribution in [2.45, 2.75) is 29.7 Å². The van der Waals surface area contributed by atoms with Gasteiger partial charge in [-0.1, -0.05) is 0 Å². The van der Waals surface area contributed by atoms with Crippen molar-refractivity contribution in [1.29, 1.82) is 0 Å². The summed E-state index contributed by atoms with van der Waals surface area (Å²) in [5, 5.41) is -1.26. The highest BCUT2D eigenvalue weighted by Crippen LogP contribution is 2.57. The van der Waals surface area contributed by atoms with Gasteiger partial charge in [-0.2, -0.15) is 30.0 Å². The molecule has 0 spiro atoms. The standard InChI is InChI=1S/C9H10F3NO6S2/c10-9(11,12)21(17,18)13-8(14)6-3-1-4-5(2-3)19-20(15,16)7(4)6/h3-7H,1-2H2,(H,13,14). The molecule has 2 saturated carbocycles. The zero-order valence-corrected chi connectivity index (χ0v) is 11.8. The van der Waals surface area contributed by atoms with Crippen molar-refractivity contribution >= 4 is 26.0 Å². The molecule has 21 heavy (non-hydrogen) atoms. The van der Waals surface area contributed by atoms with Crippen LogP contribution in [0.2, 0.25) is 0 Å². The van der Waals surface area contributed by atoms with Gasteiger partial charge in [0.05, 0.1) is 12.0 Å². The second kappa shape index (κ2) is 4.10. The second-order valence-corrected chi connectivity index (χ2v) is 8.82. The van der Waals surface area contributed by atoms with Crippen LogP contribution >= 0.6 is 0 Å². The Bertz CT molecular complexity index is 697. The quantitative estimate of drug-likeness (QED) is 0.687. The summed E-state index contributed by atoms with van der Waals surface area (Å²) in [7, 11) is -9.90. The van der Waals surface area contributed by atoms with Gasteiger partial charge in [0, 0.05) is 5.92 Å². The first-order chi connectivity index (χ1) is 9.44. The molecule has 12 heteroatoms. The van der Waals surface area contributed by atoms with Crippen LogP contribution in [0.1, 0.15) is 12.8 Å². The van der Waals surface area contributed by atoms with Crippen LogP contribution in [0.3, 0.4) is 0 Å². The molecular formula is C9H10F3NO6S2. The molecule has 3 rings (SSSR count). The molecule has 5 atom stereocenters. The van der Waals surface area contributed by atoms with Gasteiger partial charge in [0.15, 0.2) is 0 Å². The number of hydrogen-bond donors (Lipinski definition) is 1. The van der Waals surface area contributed by atoms with E-state index in [0.29, 0.717) is 6.42 Å². The molecule has 2 aliphatic carbocycles. The van der Waals surface area contributed by atoms with Crippen LogP contribution < -0.4 is 4.72 Å². The third-order valence-electron chi connectivity index (χ3n) is 4.30. The molecular weight excluding hydrogens is 339 g/mol. The maximum atomic E-state index is 12.3. The fraction of sp³-hybridized carbons (Fsp3) is 0.889. The average Bonchev–Trinajstić information content (AvgIpc) is 2.85. The van der Waals surface area contributed by atoms with Gasteiger partial charge in [-0.15, -0.1) is 0 Å². The normalized spacial score (nSPS) is 40.4. The fourth-order valence-electron chi connectivity index (χ4n) is 3.61. The Morgan fingerprint density at radius 3 is 2.43 bits per heavy atom. The molecule has 1 heterocycles. The van der Waals surface area contributed by atoms with Crippen molar-refractivity contribution < 1.29 is 39.0 Å². The Kier molecular flexibility index (Phi) is 2.94. The van der Waals surface area contributed by atoms with E-state index in [1.807, 2.05) is 0 Å². The molecule has 0 aromatic rings. The van der Waals surface area contributed by atoms with E-state index in [9.17, 15) is 34.8 Å². The minimum Gasteiger partial charge on any atom is -0.274 e. The summed E-state index contributed by atoms with van der Waals surface area (Å²) < 4.78 is 88.0. The Morgan fingerprint density at radius 2 is 1.86 bits per heavy atom. The molecule has 1 N–H and O–H groups in total. The summed E-state index contributed by atoms with van der Waals surface area (Å²) in [5.41, 5.74) is -5.63. The van der Waals surface area contributed by atoms with Gasteiger partial charge in [0.25, 0.3) is 10.1 Å². The summed E-state index contributed by atoms with van der Waals surface area (Å²) >= 11 is 0. The van der Waals surface area contributed by atoms with E-state index < -0.39 is 60.7 Å². The highest BCUT2D eigenvalue weighted by Gasteiger charge is 2.66. The highest BCUT2D eigenvalue weighted by atomic mass is 32.2. The largest absolute Gasteiger partial charge is 0.516 e. The van der Waals surface area contributed by atoms with Crippen molar-refractivity contribution in [2.24, 2.45) is 17.8 Å². The first kappa shape index (κ1) is 15.0.